The Hall–Kier alpha value is -2.41. The van der Waals surface area contributed by atoms with Gasteiger partial charge in [-0.2, -0.15) is 4.98 Å². The van der Waals surface area contributed by atoms with Crippen LogP contribution in [0.3, 0.4) is 0 Å². The number of nitrogens with one attached hydrogen (secondary N) is 1. The molecule has 134 valence electrons. The molecule has 0 saturated carbocycles. The molecule has 1 aromatic heterocycles. The van der Waals surface area contributed by atoms with Crippen LogP contribution in [0.2, 0.25) is 0 Å². The summed E-state index contributed by atoms with van der Waals surface area (Å²) in [6, 6.07) is 9.45. The fraction of sp³-hybridized carbons (Fsp3) is 0.500. The average molecular weight is 344 g/mol. The van der Waals surface area contributed by atoms with Crippen LogP contribution in [0.4, 0.5) is 4.79 Å². The number of hydrogen-bond acceptors (Lipinski definition) is 5. The van der Waals surface area contributed by atoms with Crippen LogP contribution in [0, 0.1) is 0 Å². The summed E-state index contributed by atoms with van der Waals surface area (Å²) in [5.41, 5.74) is 0.906. The normalized spacial score (nSPS) is 17.5. The number of hydrogen-bond donors (Lipinski definition) is 1. The molecule has 7 nitrogen and oxygen atoms in total. The lowest BCUT2D eigenvalue weighted by Gasteiger charge is -2.33. The molecule has 0 radical (unpaired) electrons. The van der Waals surface area contributed by atoms with Gasteiger partial charge in [0.2, 0.25) is 11.7 Å². The predicted molar refractivity (Wildman–Crippen MR) is 92.9 cm³/mol. The summed E-state index contributed by atoms with van der Waals surface area (Å²) in [7, 11) is 1.66. The zero-order valence-corrected chi connectivity index (χ0v) is 14.5. The molecule has 0 spiro atoms. The first kappa shape index (κ1) is 17.4. The molecule has 1 aromatic carbocycles. The number of rotatable bonds is 6. The summed E-state index contributed by atoms with van der Waals surface area (Å²) < 4.78 is 10.5. The summed E-state index contributed by atoms with van der Waals surface area (Å²) >= 11 is 0. The van der Waals surface area contributed by atoms with Gasteiger partial charge in [0.1, 0.15) is 6.04 Å². The largest absolute Gasteiger partial charge is 0.385 e. The van der Waals surface area contributed by atoms with Crippen LogP contribution in [0.5, 0.6) is 0 Å². The molecule has 25 heavy (non-hydrogen) atoms. The Bertz CT molecular complexity index is 674. The lowest BCUT2D eigenvalue weighted by atomic mass is 10.0. The Morgan fingerprint density at radius 2 is 2.20 bits per heavy atom. The number of benzene rings is 1. The topological polar surface area (TPSA) is 80.5 Å². The van der Waals surface area contributed by atoms with E-state index in [0.29, 0.717) is 31.4 Å². The van der Waals surface area contributed by atoms with Crippen molar-refractivity contribution in [3.63, 3.8) is 0 Å². The van der Waals surface area contributed by atoms with E-state index in [9.17, 15) is 4.79 Å². The van der Waals surface area contributed by atoms with E-state index in [1.165, 1.54) is 0 Å². The van der Waals surface area contributed by atoms with Gasteiger partial charge in [-0.15, -0.1) is 0 Å². The quantitative estimate of drug-likeness (QED) is 0.815. The Kier molecular flexibility index (Phi) is 6.00. The van der Waals surface area contributed by atoms with Crippen LogP contribution < -0.4 is 5.32 Å². The molecule has 1 saturated heterocycles. The molecule has 2 amide bonds. The third-order valence-corrected chi connectivity index (χ3v) is 4.32. The lowest BCUT2D eigenvalue weighted by Crippen LogP contribution is -2.45. The number of amides is 2. The van der Waals surface area contributed by atoms with Gasteiger partial charge < -0.3 is 19.5 Å². The molecular formula is C18H24N4O3. The van der Waals surface area contributed by atoms with Gasteiger partial charge in [-0.25, -0.2) is 4.79 Å². The van der Waals surface area contributed by atoms with E-state index in [1.54, 1.807) is 12.0 Å². The van der Waals surface area contributed by atoms with Crippen LogP contribution in [0.15, 0.2) is 34.9 Å². The van der Waals surface area contributed by atoms with Crippen LogP contribution in [-0.4, -0.2) is 47.9 Å². The van der Waals surface area contributed by atoms with Crippen molar-refractivity contribution < 1.29 is 14.1 Å². The molecule has 3 rings (SSSR count). The maximum atomic E-state index is 12.5. The molecule has 1 fully saturated rings. The monoisotopic (exact) mass is 344 g/mol. The van der Waals surface area contributed by atoms with E-state index >= 15 is 0 Å². The highest BCUT2D eigenvalue weighted by atomic mass is 16.5. The third kappa shape index (κ3) is 4.36. The zero-order valence-electron chi connectivity index (χ0n) is 14.5. The minimum absolute atomic E-state index is 0.0831. The number of ether oxygens (including phenoxy) is 1. The third-order valence-electron chi connectivity index (χ3n) is 4.32. The van der Waals surface area contributed by atoms with Crippen LogP contribution in [-0.2, 0) is 4.74 Å². The van der Waals surface area contributed by atoms with E-state index < -0.39 is 0 Å². The van der Waals surface area contributed by atoms with Crippen molar-refractivity contribution in [2.75, 3.05) is 26.8 Å². The summed E-state index contributed by atoms with van der Waals surface area (Å²) in [6.07, 6.45) is 3.66. The SMILES string of the molecule is COCCCNC(=O)N1CCCC[C@H]1c1nc(-c2ccccc2)no1. The van der Waals surface area contributed by atoms with E-state index in [0.717, 1.165) is 31.2 Å². The van der Waals surface area contributed by atoms with Crippen molar-refractivity contribution in [1.29, 1.82) is 0 Å². The van der Waals surface area contributed by atoms with Crippen LogP contribution in [0.25, 0.3) is 11.4 Å². The lowest BCUT2D eigenvalue weighted by molar-refractivity contribution is 0.131. The molecule has 1 aliphatic heterocycles. The molecular weight excluding hydrogens is 320 g/mol. The number of nitrogens with zero attached hydrogens (tertiary/aromatic N) is 3. The van der Waals surface area contributed by atoms with E-state index in [2.05, 4.69) is 15.5 Å². The molecule has 2 heterocycles. The van der Waals surface area contributed by atoms with E-state index in [1.807, 2.05) is 30.3 Å². The Labute approximate surface area is 147 Å². The summed E-state index contributed by atoms with van der Waals surface area (Å²) in [4.78, 5) is 18.8. The smallest absolute Gasteiger partial charge is 0.318 e. The molecule has 1 N–H and O–H groups in total. The molecule has 0 aliphatic carbocycles. The first-order valence-corrected chi connectivity index (χ1v) is 8.72. The minimum Gasteiger partial charge on any atom is -0.385 e. The molecule has 0 bridgehead atoms. The second-order valence-electron chi connectivity index (χ2n) is 6.11. The van der Waals surface area contributed by atoms with Gasteiger partial charge in [-0.1, -0.05) is 35.5 Å². The van der Waals surface area contributed by atoms with Crippen molar-refractivity contribution in [3.05, 3.63) is 36.2 Å². The van der Waals surface area contributed by atoms with Crippen molar-refractivity contribution in [2.45, 2.75) is 31.7 Å². The molecule has 2 aromatic rings. The van der Waals surface area contributed by atoms with Crippen molar-refractivity contribution in [2.24, 2.45) is 0 Å². The van der Waals surface area contributed by atoms with Gasteiger partial charge in [0.25, 0.3) is 0 Å². The number of piperidine rings is 1. The maximum absolute atomic E-state index is 12.5. The van der Waals surface area contributed by atoms with E-state index in [-0.39, 0.29) is 12.1 Å². The number of carbonyl (C=O) groups excluding carboxylic acids is 1. The number of aromatic nitrogens is 2. The Balaban J connectivity index is 1.68. The average Bonchev–Trinajstić information content (AvgIpc) is 3.16. The standard InChI is InChI=1S/C18H24N4O3/c1-24-13-7-11-19-18(23)22-12-6-5-10-15(22)17-20-16(21-25-17)14-8-3-2-4-9-14/h2-4,8-9,15H,5-7,10-13H2,1H3,(H,19,23)/t15-/m0/s1. The fourth-order valence-corrected chi connectivity index (χ4v) is 3.02. The fourth-order valence-electron chi connectivity index (χ4n) is 3.02. The Morgan fingerprint density at radius 3 is 3.00 bits per heavy atom. The zero-order chi connectivity index (χ0) is 17.5. The van der Waals surface area contributed by atoms with Gasteiger partial charge in [0.05, 0.1) is 0 Å². The number of urea groups is 1. The number of methoxy groups -OCH3 is 1. The summed E-state index contributed by atoms with van der Waals surface area (Å²) in [5, 5.41) is 7.02. The van der Waals surface area contributed by atoms with Gasteiger partial charge in [-0.05, 0) is 25.7 Å². The van der Waals surface area contributed by atoms with Crippen LogP contribution in [0.1, 0.15) is 37.6 Å². The predicted octanol–water partition coefficient (Wildman–Crippen LogP) is 3.01. The highest BCUT2D eigenvalue weighted by Gasteiger charge is 2.32. The maximum Gasteiger partial charge on any atom is 0.318 e. The van der Waals surface area contributed by atoms with Crippen LogP contribution >= 0.6 is 0 Å². The molecule has 7 heteroatoms. The first-order chi connectivity index (χ1) is 12.3. The van der Waals surface area contributed by atoms with Crippen molar-refractivity contribution >= 4 is 6.03 Å². The minimum atomic E-state index is -0.166. The first-order valence-electron chi connectivity index (χ1n) is 8.72. The van der Waals surface area contributed by atoms with Gasteiger partial charge in [0.15, 0.2) is 0 Å². The molecule has 0 unspecified atom stereocenters. The Morgan fingerprint density at radius 1 is 1.36 bits per heavy atom. The number of likely N-dealkylation sites (tertiary alicyclic amines) is 1. The second-order valence-corrected chi connectivity index (χ2v) is 6.11. The molecule has 1 atom stereocenters. The van der Waals surface area contributed by atoms with Crippen molar-refractivity contribution in [1.82, 2.24) is 20.4 Å². The van der Waals surface area contributed by atoms with Gasteiger partial charge in [-0.3, -0.25) is 0 Å². The highest BCUT2D eigenvalue weighted by molar-refractivity contribution is 5.74. The number of carbonyl (C=O) groups is 1. The molecule has 1 aliphatic rings. The highest BCUT2D eigenvalue weighted by Crippen LogP contribution is 2.31. The van der Waals surface area contributed by atoms with Gasteiger partial charge >= 0.3 is 6.03 Å². The van der Waals surface area contributed by atoms with Gasteiger partial charge in [0, 0.05) is 32.4 Å². The summed E-state index contributed by atoms with van der Waals surface area (Å²) in [6.45, 7) is 1.92. The second kappa shape index (κ2) is 8.62. The van der Waals surface area contributed by atoms with Crippen molar-refractivity contribution in [3.8, 4) is 11.4 Å². The summed E-state index contributed by atoms with van der Waals surface area (Å²) in [5.74, 6) is 1.06. The van der Waals surface area contributed by atoms with E-state index in [4.69, 9.17) is 9.26 Å².